The molecule has 0 aliphatic carbocycles. The van der Waals surface area contributed by atoms with E-state index in [0.29, 0.717) is 36.0 Å². The summed E-state index contributed by atoms with van der Waals surface area (Å²) in [4.78, 5) is 6.43. The molecule has 1 aliphatic rings. The summed E-state index contributed by atoms with van der Waals surface area (Å²) >= 11 is 5.93. The number of alkyl halides is 3. The molecule has 0 radical (unpaired) electrons. The van der Waals surface area contributed by atoms with Gasteiger partial charge in [-0.1, -0.05) is 28.9 Å². The van der Waals surface area contributed by atoms with Gasteiger partial charge in [-0.2, -0.15) is 4.98 Å². The normalized spacial score (nSPS) is 19.9. The highest BCUT2D eigenvalue weighted by atomic mass is 35.5. The number of rotatable bonds is 5. The van der Waals surface area contributed by atoms with Crippen molar-refractivity contribution in [3.8, 4) is 17.1 Å². The van der Waals surface area contributed by atoms with Gasteiger partial charge in [-0.3, -0.25) is 4.90 Å². The topological polar surface area (TPSA) is 71.6 Å². The predicted octanol–water partition coefficient (Wildman–Crippen LogP) is 4.60. The van der Waals surface area contributed by atoms with Crippen molar-refractivity contribution < 1.29 is 27.5 Å². The zero-order valence-corrected chi connectivity index (χ0v) is 16.3. The molecule has 3 aromatic rings. The van der Waals surface area contributed by atoms with Gasteiger partial charge in [-0.15, -0.1) is 13.2 Å². The van der Waals surface area contributed by atoms with Crippen LogP contribution in [0.3, 0.4) is 0 Å². The number of likely N-dealkylation sites (tertiary alicyclic amines) is 1. The maximum absolute atomic E-state index is 12.3. The van der Waals surface area contributed by atoms with E-state index in [4.69, 9.17) is 16.1 Å². The van der Waals surface area contributed by atoms with E-state index in [9.17, 15) is 18.3 Å². The van der Waals surface area contributed by atoms with Gasteiger partial charge >= 0.3 is 6.36 Å². The van der Waals surface area contributed by atoms with Crippen molar-refractivity contribution in [3.05, 3.63) is 65.0 Å². The van der Waals surface area contributed by atoms with E-state index in [1.54, 1.807) is 12.1 Å². The lowest BCUT2D eigenvalue weighted by Gasteiger charge is -2.21. The minimum absolute atomic E-state index is 0.247. The summed E-state index contributed by atoms with van der Waals surface area (Å²) in [5.41, 5.74) is 1.51. The van der Waals surface area contributed by atoms with E-state index in [1.807, 2.05) is 17.0 Å². The van der Waals surface area contributed by atoms with Crippen LogP contribution in [0.1, 0.15) is 23.9 Å². The van der Waals surface area contributed by atoms with Crippen LogP contribution in [0, 0.1) is 0 Å². The van der Waals surface area contributed by atoms with Crippen molar-refractivity contribution in [1.82, 2.24) is 15.0 Å². The number of hydrogen-bond acceptors (Lipinski definition) is 6. The molecule has 1 N–H and O–H groups in total. The number of benzene rings is 2. The molecule has 30 heavy (non-hydrogen) atoms. The molecule has 4 rings (SSSR count). The van der Waals surface area contributed by atoms with E-state index in [0.717, 1.165) is 5.56 Å². The number of halogens is 4. The Hall–Kier alpha value is -2.62. The summed E-state index contributed by atoms with van der Waals surface area (Å²) < 4.78 is 46.1. The molecule has 1 saturated heterocycles. The molecule has 0 amide bonds. The van der Waals surface area contributed by atoms with Gasteiger partial charge in [0.25, 0.3) is 0 Å². The van der Waals surface area contributed by atoms with E-state index in [-0.39, 0.29) is 17.6 Å². The van der Waals surface area contributed by atoms with Crippen molar-refractivity contribution in [1.29, 1.82) is 0 Å². The van der Waals surface area contributed by atoms with Crippen LogP contribution in [0.25, 0.3) is 11.4 Å². The van der Waals surface area contributed by atoms with Crippen LogP contribution in [-0.4, -0.2) is 39.2 Å². The summed E-state index contributed by atoms with van der Waals surface area (Å²) in [6.45, 7) is 1.02. The van der Waals surface area contributed by atoms with Crippen molar-refractivity contribution in [2.24, 2.45) is 0 Å². The lowest BCUT2D eigenvalue weighted by molar-refractivity contribution is -0.274. The Morgan fingerprint density at radius 2 is 1.83 bits per heavy atom. The molecule has 1 fully saturated rings. The van der Waals surface area contributed by atoms with Crippen LogP contribution in [-0.2, 0) is 6.54 Å². The van der Waals surface area contributed by atoms with Gasteiger partial charge in [0.1, 0.15) is 5.75 Å². The quantitative estimate of drug-likeness (QED) is 0.626. The number of aliphatic hydroxyl groups is 1. The largest absolute Gasteiger partial charge is 0.573 e. The Bertz CT molecular complexity index is 993. The van der Waals surface area contributed by atoms with Crippen molar-refractivity contribution >= 4 is 11.6 Å². The molecule has 1 aliphatic heterocycles. The van der Waals surface area contributed by atoms with Crippen LogP contribution in [0.5, 0.6) is 5.75 Å². The lowest BCUT2D eigenvalue weighted by atomic mass is 10.1. The zero-order valence-electron chi connectivity index (χ0n) is 15.5. The molecule has 1 aromatic heterocycles. The average molecular weight is 440 g/mol. The van der Waals surface area contributed by atoms with Gasteiger partial charge in [0, 0.05) is 23.7 Å². The molecule has 158 valence electrons. The minimum Gasteiger partial charge on any atom is -0.406 e. The summed E-state index contributed by atoms with van der Waals surface area (Å²) in [6.07, 6.45) is -4.85. The predicted molar refractivity (Wildman–Crippen MR) is 102 cm³/mol. The number of nitrogens with zero attached hydrogens (tertiary/aromatic N) is 3. The van der Waals surface area contributed by atoms with E-state index in [2.05, 4.69) is 14.9 Å². The third kappa shape index (κ3) is 4.92. The Labute approximate surface area is 174 Å². The third-order valence-corrected chi connectivity index (χ3v) is 5.01. The number of hydrogen-bond donors (Lipinski definition) is 1. The average Bonchev–Trinajstić information content (AvgIpc) is 3.30. The van der Waals surface area contributed by atoms with Crippen molar-refractivity contribution in [3.63, 3.8) is 0 Å². The van der Waals surface area contributed by atoms with Crippen LogP contribution in [0.2, 0.25) is 5.02 Å². The molecular formula is C20H17ClF3N3O3. The number of aliphatic hydroxyl groups excluding tert-OH is 1. The second-order valence-electron chi connectivity index (χ2n) is 6.99. The molecule has 10 heteroatoms. The van der Waals surface area contributed by atoms with Gasteiger partial charge in [0.15, 0.2) is 0 Å². The summed E-state index contributed by atoms with van der Waals surface area (Å²) in [5, 5.41) is 14.7. The van der Waals surface area contributed by atoms with E-state index in [1.165, 1.54) is 24.3 Å². The first-order valence-electron chi connectivity index (χ1n) is 9.13. The van der Waals surface area contributed by atoms with E-state index < -0.39 is 12.5 Å². The van der Waals surface area contributed by atoms with Crippen molar-refractivity contribution in [2.75, 3.05) is 6.54 Å². The fourth-order valence-corrected chi connectivity index (χ4v) is 3.55. The molecule has 6 nitrogen and oxygen atoms in total. The van der Waals surface area contributed by atoms with Gasteiger partial charge in [-0.25, -0.2) is 0 Å². The highest BCUT2D eigenvalue weighted by Gasteiger charge is 2.36. The van der Waals surface area contributed by atoms with Crippen LogP contribution >= 0.6 is 11.6 Å². The summed E-state index contributed by atoms with van der Waals surface area (Å²) in [5.74, 6) is 0.255. The van der Waals surface area contributed by atoms with Crippen LogP contribution in [0.15, 0.2) is 53.1 Å². The van der Waals surface area contributed by atoms with Gasteiger partial charge in [0.2, 0.25) is 11.7 Å². The van der Waals surface area contributed by atoms with Gasteiger partial charge in [0.05, 0.1) is 12.1 Å². The first-order valence-corrected chi connectivity index (χ1v) is 9.51. The monoisotopic (exact) mass is 439 g/mol. The first kappa shape index (κ1) is 20.6. The molecular weight excluding hydrogens is 423 g/mol. The van der Waals surface area contributed by atoms with E-state index >= 15 is 0 Å². The molecule has 0 saturated carbocycles. The Balaban J connectivity index is 1.49. The molecule has 2 aromatic carbocycles. The highest BCUT2D eigenvalue weighted by molar-refractivity contribution is 6.30. The molecule has 0 bridgehead atoms. The molecule has 0 spiro atoms. The zero-order chi connectivity index (χ0) is 21.3. The Morgan fingerprint density at radius 3 is 2.50 bits per heavy atom. The number of ether oxygens (including phenoxy) is 1. The number of aromatic nitrogens is 2. The maximum Gasteiger partial charge on any atom is 0.573 e. The Morgan fingerprint density at radius 1 is 1.13 bits per heavy atom. The second-order valence-corrected chi connectivity index (χ2v) is 7.43. The first-order chi connectivity index (χ1) is 14.3. The fourth-order valence-electron chi connectivity index (χ4n) is 3.43. The minimum atomic E-state index is -4.75. The van der Waals surface area contributed by atoms with Gasteiger partial charge < -0.3 is 14.4 Å². The Kier molecular flexibility index (Phi) is 5.68. The van der Waals surface area contributed by atoms with Gasteiger partial charge in [-0.05, 0) is 48.4 Å². The third-order valence-electron chi connectivity index (χ3n) is 4.75. The molecule has 2 unspecified atom stereocenters. The SMILES string of the molecule is OC1CC(c2nc(-c3ccc(OC(F)(F)F)cc3)no2)N(Cc2ccc(Cl)cc2)C1. The highest BCUT2D eigenvalue weighted by Crippen LogP contribution is 2.34. The second kappa shape index (κ2) is 8.25. The number of β-amino-alcohol motifs (C(OH)–C–C–N with tert-alkyl or cyclic N) is 1. The smallest absolute Gasteiger partial charge is 0.406 e. The maximum atomic E-state index is 12.3. The molecule has 2 atom stereocenters. The van der Waals surface area contributed by atoms with Crippen LogP contribution in [0.4, 0.5) is 13.2 Å². The lowest BCUT2D eigenvalue weighted by Crippen LogP contribution is -2.24. The van der Waals surface area contributed by atoms with Crippen molar-refractivity contribution in [2.45, 2.75) is 31.5 Å². The summed E-state index contributed by atoms with van der Waals surface area (Å²) in [7, 11) is 0. The fraction of sp³-hybridized carbons (Fsp3) is 0.300. The van der Waals surface area contributed by atoms with Crippen LogP contribution < -0.4 is 4.74 Å². The summed E-state index contributed by atoms with van der Waals surface area (Å²) in [6, 6.07) is 12.4. The standard InChI is InChI=1S/C20H17ClF3N3O3/c21-14-5-1-12(2-6-14)10-27-11-15(28)9-17(27)19-25-18(26-30-19)13-3-7-16(8-4-13)29-20(22,23)24/h1-8,15,17,28H,9-11H2. The molecule has 2 heterocycles.